The van der Waals surface area contributed by atoms with Crippen LogP contribution in [0.1, 0.15) is 55.3 Å². The van der Waals surface area contributed by atoms with Gasteiger partial charge >= 0.3 is 6.18 Å². The second-order valence-corrected chi connectivity index (χ2v) is 8.35. The number of fused-ring (bicyclic) bond motifs is 1. The fourth-order valence-electron chi connectivity index (χ4n) is 3.04. The summed E-state index contributed by atoms with van der Waals surface area (Å²) in [4.78, 5) is 12.5. The van der Waals surface area contributed by atoms with Crippen LogP contribution in [-0.2, 0) is 0 Å². The molecule has 5 nitrogen and oxygen atoms in total. The number of nitrogens with zero attached hydrogens (tertiary/aromatic N) is 2. The summed E-state index contributed by atoms with van der Waals surface area (Å²) in [5.74, 6) is -0.383. The van der Waals surface area contributed by atoms with Crippen LogP contribution in [-0.4, -0.2) is 27.4 Å². The zero-order valence-electron chi connectivity index (χ0n) is 15.1. The van der Waals surface area contributed by atoms with Crippen molar-refractivity contribution in [3.8, 4) is 0 Å². The Balaban J connectivity index is 2.03. The fraction of sp³-hybridized carbons (Fsp3) is 0.444. The summed E-state index contributed by atoms with van der Waals surface area (Å²) >= 11 is 3.27. The number of anilines is 1. The maximum atomic E-state index is 13.7. The quantitative estimate of drug-likeness (QED) is 0.696. The van der Waals surface area contributed by atoms with E-state index in [1.807, 2.05) is 6.07 Å². The van der Waals surface area contributed by atoms with Gasteiger partial charge in [-0.15, -0.1) is 0 Å². The number of nitrogens with one attached hydrogen (secondary N) is 2. The highest BCUT2D eigenvalue weighted by Gasteiger charge is 2.47. The Labute approximate surface area is 163 Å². The maximum Gasteiger partial charge on any atom is 0.410 e. The molecule has 1 aliphatic heterocycles. The number of carbonyl (C=O) groups excluding carboxylic acids is 1. The minimum atomic E-state index is -4.49. The first kappa shape index (κ1) is 19.7. The van der Waals surface area contributed by atoms with E-state index in [-0.39, 0.29) is 22.4 Å². The minimum Gasteiger partial charge on any atom is -0.362 e. The van der Waals surface area contributed by atoms with Gasteiger partial charge in [-0.25, -0.2) is 4.68 Å². The second kappa shape index (κ2) is 6.85. The molecule has 0 radical (unpaired) electrons. The van der Waals surface area contributed by atoms with Crippen LogP contribution < -0.4 is 10.6 Å². The molecule has 2 atom stereocenters. The Morgan fingerprint density at radius 1 is 1.26 bits per heavy atom. The van der Waals surface area contributed by atoms with Crippen molar-refractivity contribution < 1.29 is 18.0 Å². The van der Waals surface area contributed by atoms with Crippen molar-refractivity contribution in [2.75, 3.05) is 5.32 Å². The monoisotopic (exact) mass is 444 g/mol. The molecule has 1 aliphatic rings. The highest BCUT2D eigenvalue weighted by molar-refractivity contribution is 9.10. The number of halogens is 4. The molecule has 9 heteroatoms. The lowest BCUT2D eigenvalue weighted by molar-refractivity contribution is -0.173. The molecule has 2 unspecified atom stereocenters. The Hall–Kier alpha value is -2.03. The van der Waals surface area contributed by atoms with Crippen molar-refractivity contribution in [2.45, 2.75) is 51.0 Å². The Kier molecular flexibility index (Phi) is 5.00. The van der Waals surface area contributed by atoms with Gasteiger partial charge in [-0.3, -0.25) is 4.79 Å². The average Bonchev–Trinajstić information content (AvgIpc) is 2.89. The van der Waals surface area contributed by atoms with E-state index < -0.39 is 29.7 Å². The summed E-state index contributed by atoms with van der Waals surface area (Å²) in [7, 11) is 0. The van der Waals surface area contributed by atoms with Gasteiger partial charge in [0, 0.05) is 12.0 Å². The Bertz CT molecular complexity index is 843. The molecule has 1 amide bonds. The number of benzene rings is 1. The number of alkyl halides is 3. The maximum absolute atomic E-state index is 13.7. The van der Waals surface area contributed by atoms with Gasteiger partial charge in [0.1, 0.15) is 5.82 Å². The molecule has 146 valence electrons. The molecule has 0 saturated heterocycles. The highest BCUT2D eigenvalue weighted by atomic mass is 79.9. The van der Waals surface area contributed by atoms with Gasteiger partial charge in [0.25, 0.3) is 5.91 Å². The van der Waals surface area contributed by atoms with Crippen LogP contribution in [0, 0.1) is 0 Å². The van der Waals surface area contributed by atoms with Gasteiger partial charge in [-0.05, 0) is 42.3 Å². The molecule has 0 spiro atoms. The van der Waals surface area contributed by atoms with Gasteiger partial charge in [-0.2, -0.15) is 18.3 Å². The standard InChI is InChI=1S/C18H20BrF3N4O/c1-17(2,3)24-16(27)14-13(19)15-23-11(10-7-5-4-6-8-10)9-12(18(20,21)22)26(15)25-14/h4-8,11-12,23H,9H2,1-3H3,(H,24,27). The van der Waals surface area contributed by atoms with Crippen LogP contribution in [0.5, 0.6) is 0 Å². The second-order valence-electron chi connectivity index (χ2n) is 7.56. The third kappa shape index (κ3) is 4.12. The number of rotatable bonds is 2. The lowest BCUT2D eigenvalue weighted by Gasteiger charge is -2.33. The molecule has 3 rings (SSSR count). The Morgan fingerprint density at radius 2 is 1.89 bits per heavy atom. The van der Waals surface area contributed by atoms with Crippen molar-refractivity contribution in [3.05, 3.63) is 46.1 Å². The molecule has 2 aromatic rings. The molecule has 0 aliphatic carbocycles. The van der Waals surface area contributed by atoms with Gasteiger partial charge in [0.05, 0.1) is 10.5 Å². The van der Waals surface area contributed by atoms with Crippen molar-refractivity contribution in [2.24, 2.45) is 0 Å². The number of amides is 1. The van der Waals surface area contributed by atoms with E-state index in [1.165, 1.54) is 0 Å². The van der Waals surface area contributed by atoms with Gasteiger partial charge in [0.15, 0.2) is 11.7 Å². The summed E-state index contributed by atoms with van der Waals surface area (Å²) in [6.07, 6.45) is -4.71. The van der Waals surface area contributed by atoms with Crippen molar-refractivity contribution in [3.63, 3.8) is 0 Å². The SMILES string of the molecule is CC(C)(C)NC(=O)c1nn2c(c1Br)NC(c1ccccc1)CC2C(F)(F)F. The molecule has 27 heavy (non-hydrogen) atoms. The van der Waals surface area contributed by atoms with Crippen LogP contribution in [0.4, 0.5) is 19.0 Å². The molecule has 1 aromatic heterocycles. The van der Waals surface area contributed by atoms with Crippen LogP contribution >= 0.6 is 15.9 Å². The van der Waals surface area contributed by atoms with E-state index in [9.17, 15) is 18.0 Å². The van der Waals surface area contributed by atoms with Gasteiger partial charge in [0.2, 0.25) is 0 Å². The predicted molar refractivity (Wildman–Crippen MR) is 99.7 cm³/mol. The zero-order chi connectivity index (χ0) is 20.0. The first-order valence-electron chi connectivity index (χ1n) is 8.46. The van der Waals surface area contributed by atoms with E-state index in [1.54, 1.807) is 45.0 Å². The number of hydrogen-bond acceptors (Lipinski definition) is 3. The molecule has 2 heterocycles. The average molecular weight is 445 g/mol. The molecule has 2 N–H and O–H groups in total. The van der Waals surface area contributed by atoms with Crippen LogP contribution in [0.25, 0.3) is 0 Å². The van der Waals surface area contributed by atoms with Gasteiger partial charge < -0.3 is 10.6 Å². The Morgan fingerprint density at radius 3 is 2.44 bits per heavy atom. The summed E-state index contributed by atoms with van der Waals surface area (Å²) in [5, 5.41) is 9.81. The summed E-state index contributed by atoms with van der Waals surface area (Å²) in [6.45, 7) is 5.37. The fourth-order valence-corrected chi connectivity index (χ4v) is 3.59. The first-order valence-corrected chi connectivity index (χ1v) is 9.25. The number of carbonyl (C=O) groups is 1. The predicted octanol–water partition coefficient (Wildman–Crippen LogP) is 4.83. The van der Waals surface area contributed by atoms with Crippen molar-refractivity contribution in [1.82, 2.24) is 15.1 Å². The largest absolute Gasteiger partial charge is 0.410 e. The topological polar surface area (TPSA) is 59.0 Å². The molecular weight excluding hydrogens is 425 g/mol. The molecule has 0 fully saturated rings. The number of hydrogen-bond donors (Lipinski definition) is 2. The van der Waals surface area contributed by atoms with Crippen LogP contribution in [0.2, 0.25) is 0 Å². The summed E-state index contributed by atoms with van der Waals surface area (Å²) in [6, 6.07) is 6.55. The van der Waals surface area contributed by atoms with E-state index in [0.29, 0.717) is 0 Å². The minimum absolute atomic E-state index is 0.0737. The summed E-state index contributed by atoms with van der Waals surface area (Å²) in [5.41, 5.74) is 0.131. The van der Waals surface area contributed by atoms with Crippen LogP contribution in [0.3, 0.4) is 0 Å². The molecular formula is C18H20BrF3N4O. The lowest BCUT2D eigenvalue weighted by atomic mass is 9.97. The van der Waals surface area contributed by atoms with Gasteiger partial charge in [-0.1, -0.05) is 30.3 Å². The smallest absolute Gasteiger partial charge is 0.362 e. The third-order valence-electron chi connectivity index (χ3n) is 4.20. The van der Waals surface area contributed by atoms with Crippen molar-refractivity contribution in [1.29, 1.82) is 0 Å². The molecule has 0 saturated carbocycles. The highest BCUT2D eigenvalue weighted by Crippen LogP contribution is 2.46. The summed E-state index contributed by atoms with van der Waals surface area (Å²) < 4.78 is 42.2. The van der Waals surface area contributed by atoms with E-state index in [4.69, 9.17) is 0 Å². The zero-order valence-corrected chi connectivity index (χ0v) is 16.6. The lowest BCUT2D eigenvalue weighted by Crippen LogP contribution is -2.41. The van der Waals surface area contributed by atoms with Crippen molar-refractivity contribution >= 4 is 27.7 Å². The third-order valence-corrected chi connectivity index (χ3v) is 4.95. The molecule has 1 aromatic carbocycles. The normalized spacial score (nSPS) is 20.0. The van der Waals surface area contributed by atoms with E-state index in [0.717, 1.165) is 10.2 Å². The van der Waals surface area contributed by atoms with Crippen LogP contribution in [0.15, 0.2) is 34.8 Å². The first-order chi connectivity index (χ1) is 12.5. The van der Waals surface area contributed by atoms with E-state index in [2.05, 4.69) is 31.7 Å². The number of aromatic nitrogens is 2. The van der Waals surface area contributed by atoms with E-state index >= 15 is 0 Å². The molecule has 0 bridgehead atoms.